The van der Waals surface area contributed by atoms with E-state index in [1.807, 2.05) is 16.7 Å². The second-order valence-electron chi connectivity index (χ2n) is 4.51. The number of likely N-dealkylation sites (tertiary alicyclic amines) is 1. The molecule has 1 amide bonds. The van der Waals surface area contributed by atoms with Gasteiger partial charge in [0.2, 0.25) is 0 Å². The summed E-state index contributed by atoms with van der Waals surface area (Å²) in [6, 6.07) is 0. The minimum absolute atomic E-state index is 0.0437. The average molecular weight is 281 g/mol. The quantitative estimate of drug-likeness (QED) is 0.638. The molecule has 1 atom stereocenters. The van der Waals surface area contributed by atoms with Gasteiger partial charge in [-0.25, -0.2) is 15.8 Å². The summed E-state index contributed by atoms with van der Waals surface area (Å²) in [5, 5.41) is 0.660. The van der Waals surface area contributed by atoms with E-state index in [1.165, 1.54) is 18.8 Å². The first-order valence-corrected chi connectivity index (χ1v) is 7.64. The van der Waals surface area contributed by atoms with E-state index >= 15 is 0 Å². The lowest BCUT2D eigenvalue weighted by Crippen LogP contribution is -2.32. The number of anilines is 1. The van der Waals surface area contributed by atoms with Gasteiger partial charge in [0.15, 0.2) is 5.82 Å². The number of hydrazine groups is 1. The molecule has 2 rings (SSSR count). The van der Waals surface area contributed by atoms with Crippen molar-refractivity contribution < 1.29 is 4.79 Å². The fourth-order valence-corrected chi connectivity index (χ4v) is 2.92. The van der Waals surface area contributed by atoms with Gasteiger partial charge in [-0.2, -0.15) is 11.8 Å². The summed E-state index contributed by atoms with van der Waals surface area (Å²) in [6.07, 6.45) is 8.33. The summed E-state index contributed by atoms with van der Waals surface area (Å²) in [7, 11) is 0. The molecule has 0 bridgehead atoms. The third kappa shape index (κ3) is 3.57. The SMILES string of the molecule is CSC1CCCN(C(=O)c2cnc(NN)cn2)CC1. The van der Waals surface area contributed by atoms with Crippen LogP contribution in [0.2, 0.25) is 0 Å². The van der Waals surface area contributed by atoms with Crippen LogP contribution in [0.25, 0.3) is 0 Å². The molecule has 3 N–H and O–H groups in total. The molecular formula is C12H19N5OS. The monoisotopic (exact) mass is 281 g/mol. The Morgan fingerprint density at radius 2 is 2.26 bits per heavy atom. The van der Waals surface area contributed by atoms with Crippen molar-refractivity contribution in [2.24, 2.45) is 5.84 Å². The zero-order valence-corrected chi connectivity index (χ0v) is 11.8. The molecule has 1 aromatic rings. The Balaban J connectivity index is 2.01. The van der Waals surface area contributed by atoms with Crippen molar-refractivity contribution in [1.82, 2.24) is 14.9 Å². The Labute approximate surface area is 117 Å². The molecule has 1 aromatic heterocycles. The number of nitrogens with two attached hydrogens (primary N) is 1. The predicted octanol–water partition coefficient (Wildman–Crippen LogP) is 1.12. The topological polar surface area (TPSA) is 84.1 Å². The Hall–Kier alpha value is -1.34. The number of carbonyl (C=O) groups is 1. The highest BCUT2D eigenvalue weighted by Gasteiger charge is 2.22. The first-order chi connectivity index (χ1) is 9.24. The third-order valence-electron chi connectivity index (χ3n) is 3.31. The van der Waals surface area contributed by atoms with Gasteiger partial charge in [-0.05, 0) is 25.5 Å². The van der Waals surface area contributed by atoms with Gasteiger partial charge in [-0.3, -0.25) is 4.79 Å². The van der Waals surface area contributed by atoms with Gasteiger partial charge in [0.1, 0.15) is 5.69 Å². The zero-order chi connectivity index (χ0) is 13.7. The number of amides is 1. The van der Waals surface area contributed by atoms with Crippen LogP contribution >= 0.6 is 11.8 Å². The predicted molar refractivity (Wildman–Crippen MR) is 76.9 cm³/mol. The van der Waals surface area contributed by atoms with E-state index < -0.39 is 0 Å². The Bertz CT molecular complexity index is 425. The highest BCUT2D eigenvalue weighted by atomic mass is 32.2. The molecule has 6 nitrogen and oxygen atoms in total. The van der Waals surface area contributed by atoms with Crippen LogP contribution in [-0.4, -0.2) is 45.4 Å². The number of thioether (sulfide) groups is 1. The number of nitrogens with one attached hydrogen (secondary N) is 1. The van der Waals surface area contributed by atoms with Crippen molar-refractivity contribution in [3.05, 3.63) is 18.1 Å². The molecule has 0 aliphatic carbocycles. The summed E-state index contributed by atoms with van der Waals surface area (Å²) in [5.41, 5.74) is 2.77. The molecule has 104 valence electrons. The highest BCUT2D eigenvalue weighted by Crippen LogP contribution is 2.21. The molecule has 19 heavy (non-hydrogen) atoms. The van der Waals surface area contributed by atoms with Crippen LogP contribution in [0.4, 0.5) is 5.82 Å². The van der Waals surface area contributed by atoms with Crippen molar-refractivity contribution in [3.8, 4) is 0 Å². The normalized spacial score (nSPS) is 19.9. The first-order valence-electron chi connectivity index (χ1n) is 6.35. The molecule has 1 aliphatic rings. The summed E-state index contributed by atoms with van der Waals surface area (Å²) >= 11 is 1.89. The number of carbonyl (C=O) groups excluding carboxylic acids is 1. The Kier molecular flexibility index (Phi) is 4.98. The van der Waals surface area contributed by atoms with Crippen LogP contribution in [0.15, 0.2) is 12.4 Å². The molecular weight excluding hydrogens is 262 g/mol. The number of nitrogen functional groups attached to an aromatic ring is 1. The van der Waals surface area contributed by atoms with Crippen molar-refractivity contribution in [3.63, 3.8) is 0 Å². The van der Waals surface area contributed by atoms with E-state index in [-0.39, 0.29) is 5.91 Å². The first kappa shape index (κ1) is 14.1. The fraction of sp³-hybridized carbons (Fsp3) is 0.583. The van der Waals surface area contributed by atoms with Crippen LogP contribution in [0.3, 0.4) is 0 Å². The van der Waals surface area contributed by atoms with Gasteiger partial charge in [0.25, 0.3) is 5.91 Å². The standard InChI is InChI=1S/C12H19N5OS/c1-19-9-3-2-5-17(6-4-9)12(18)10-7-15-11(16-13)8-14-10/h7-9H,2-6,13H2,1H3,(H,15,16). The van der Waals surface area contributed by atoms with E-state index in [1.54, 1.807) is 0 Å². The molecule has 7 heteroatoms. The number of rotatable bonds is 3. The molecule has 1 saturated heterocycles. The molecule has 0 radical (unpaired) electrons. The van der Waals surface area contributed by atoms with Gasteiger partial charge >= 0.3 is 0 Å². The number of aromatic nitrogens is 2. The van der Waals surface area contributed by atoms with E-state index in [0.29, 0.717) is 16.8 Å². The largest absolute Gasteiger partial charge is 0.337 e. The summed E-state index contributed by atoms with van der Waals surface area (Å²) in [4.78, 5) is 22.3. The van der Waals surface area contributed by atoms with Crippen molar-refractivity contribution in [2.45, 2.75) is 24.5 Å². The summed E-state index contributed by atoms with van der Waals surface area (Å²) < 4.78 is 0. The molecule has 1 aliphatic heterocycles. The van der Waals surface area contributed by atoms with E-state index in [4.69, 9.17) is 5.84 Å². The Morgan fingerprint density at radius 3 is 2.89 bits per heavy atom. The number of hydrogen-bond acceptors (Lipinski definition) is 6. The smallest absolute Gasteiger partial charge is 0.274 e. The van der Waals surface area contributed by atoms with Crippen LogP contribution < -0.4 is 11.3 Å². The van der Waals surface area contributed by atoms with Crippen molar-refractivity contribution in [1.29, 1.82) is 0 Å². The summed E-state index contributed by atoms with van der Waals surface area (Å²) in [6.45, 7) is 1.59. The second-order valence-corrected chi connectivity index (χ2v) is 5.65. The molecule has 0 saturated carbocycles. The van der Waals surface area contributed by atoms with Crippen LogP contribution in [-0.2, 0) is 0 Å². The molecule has 1 fully saturated rings. The molecule has 2 heterocycles. The highest BCUT2D eigenvalue weighted by molar-refractivity contribution is 7.99. The van der Waals surface area contributed by atoms with Crippen LogP contribution in [0.5, 0.6) is 0 Å². The maximum atomic E-state index is 12.3. The lowest BCUT2D eigenvalue weighted by molar-refractivity contribution is 0.0755. The maximum Gasteiger partial charge on any atom is 0.274 e. The zero-order valence-electron chi connectivity index (χ0n) is 11.0. The minimum atomic E-state index is -0.0437. The molecule has 1 unspecified atom stereocenters. The van der Waals surface area contributed by atoms with Crippen molar-refractivity contribution >= 4 is 23.5 Å². The summed E-state index contributed by atoms with van der Waals surface area (Å²) in [5.74, 6) is 5.63. The van der Waals surface area contributed by atoms with Gasteiger partial charge in [-0.1, -0.05) is 0 Å². The minimum Gasteiger partial charge on any atom is -0.337 e. The number of nitrogens with zero attached hydrogens (tertiary/aromatic N) is 3. The number of hydrogen-bond donors (Lipinski definition) is 2. The fourth-order valence-electron chi connectivity index (χ4n) is 2.18. The second kappa shape index (κ2) is 6.72. The third-order valence-corrected chi connectivity index (χ3v) is 4.45. The van der Waals surface area contributed by atoms with Gasteiger partial charge in [0, 0.05) is 18.3 Å². The van der Waals surface area contributed by atoms with Crippen LogP contribution in [0, 0.1) is 0 Å². The van der Waals surface area contributed by atoms with E-state index in [0.717, 1.165) is 25.9 Å². The van der Waals surface area contributed by atoms with Crippen LogP contribution in [0.1, 0.15) is 29.8 Å². The lowest BCUT2D eigenvalue weighted by atomic mass is 10.2. The van der Waals surface area contributed by atoms with Gasteiger partial charge in [0.05, 0.1) is 12.4 Å². The molecule has 0 aromatic carbocycles. The maximum absolute atomic E-state index is 12.3. The van der Waals surface area contributed by atoms with Gasteiger partial charge < -0.3 is 10.3 Å². The van der Waals surface area contributed by atoms with E-state index in [2.05, 4.69) is 21.6 Å². The molecule has 0 spiro atoms. The Morgan fingerprint density at radius 1 is 1.42 bits per heavy atom. The van der Waals surface area contributed by atoms with Gasteiger partial charge in [-0.15, -0.1) is 0 Å². The average Bonchev–Trinajstić information content (AvgIpc) is 2.72. The van der Waals surface area contributed by atoms with Crippen molar-refractivity contribution in [2.75, 3.05) is 24.8 Å². The lowest BCUT2D eigenvalue weighted by Gasteiger charge is -2.19. The van der Waals surface area contributed by atoms with E-state index in [9.17, 15) is 4.79 Å².